The fraction of sp³-hybridized carbons (Fsp3) is 0.190. The first-order valence-electron chi connectivity index (χ1n) is 18.7. The Labute approximate surface area is 345 Å². The third kappa shape index (κ3) is 10.0. The van der Waals surface area contributed by atoms with Gasteiger partial charge >= 0.3 is 0 Å². The van der Waals surface area contributed by atoms with Gasteiger partial charge in [0.1, 0.15) is 34.4 Å². The van der Waals surface area contributed by atoms with Gasteiger partial charge in [-0.15, -0.1) is 0 Å². The fourth-order valence-electron chi connectivity index (χ4n) is 6.12. The number of piperazine rings is 1. The van der Waals surface area contributed by atoms with Gasteiger partial charge in [-0.3, -0.25) is 19.6 Å². The van der Waals surface area contributed by atoms with Crippen molar-refractivity contribution in [3.63, 3.8) is 0 Å². The van der Waals surface area contributed by atoms with Crippen molar-refractivity contribution >= 4 is 60.8 Å². The Hall–Kier alpha value is -7.31. The Morgan fingerprint density at radius 3 is 1.75 bits per heavy atom. The molecule has 17 nitrogen and oxygen atoms in total. The van der Waals surface area contributed by atoms with Gasteiger partial charge in [-0.05, 0) is 67.7 Å². The molecule has 5 heterocycles. The van der Waals surface area contributed by atoms with Crippen molar-refractivity contribution in [2.24, 2.45) is 0 Å². The van der Waals surface area contributed by atoms with Gasteiger partial charge in [0.25, 0.3) is 11.8 Å². The van der Waals surface area contributed by atoms with Crippen LogP contribution in [0.3, 0.4) is 0 Å². The number of benzene rings is 3. The van der Waals surface area contributed by atoms with Crippen LogP contribution in [-0.4, -0.2) is 109 Å². The molecule has 60 heavy (non-hydrogen) atoms. The molecule has 18 heteroatoms. The second kappa shape index (κ2) is 18.1. The molecule has 0 unspecified atom stereocenters. The largest absolute Gasteiger partial charge is 0.457 e. The van der Waals surface area contributed by atoms with Crippen LogP contribution in [0.2, 0.25) is 0 Å². The van der Waals surface area contributed by atoms with E-state index in [1.165, 1.54) is 25.5 Å². The summed E-state index contributed by atoms with van der Waals surface area (Å²) in [5, 5.41) is 9.70. The van der Waals surface area contributed by atoms with Gasteiger partial charge in [0.05, 0.1) is 22.4 Å². The number of sulfone groups is 1. The standard InChI is InChI=1S/C26H27N7O2.C16H14N4O4S/c1-27-25(34)23-16-20(9-10-28-23)35-19-7-8-21-18(15-19)17-29-26(30-21)31-22-5-3-4-6-24(22)33-13-11-32(2)12-14-33;1-17-15(21)14-8-12(5-6-18-14)24-11-3-4-13-10(7-11)9-19-16(20-13)25(2,22)23/h3-10,15-17H,11-14H2,1-2H3,(H,27,34)(H,29,30,31);3-9H,1-2H3,(H,17,21). The van der Waals surface area contributed by atoms with E-state index in [2.05, 4.69) is 75.9 Å². The number of ether oxygens (including phenoxy) is 2. The van der Waals surface area contributed by atoms with Gasteiger partial charge in [0, 0.05) is 94.2 Å². The molecule has 0 bridgehead atoms. The van der Waals surface area contributed by atoms with E-state index in [1.807, 2.05) is 24.3 Å². The molecule has 1 fully saturated rings. The Bertz CT molecular complexity index is 2800. The minimum absolute atomic E-state index is 0.224. The molecule has 0 atom stereocenters. The third-order valence-electron chi connectivity index (χ3n) is 9.26. The molecular weight excluding hydrogens is 787 g/mol. The van der Waals surface area contributed by atoms with Crippen LogP contribution in [-0.2, 0) is 9.84 Å². The number of carbonyl (C=O) groups excluding carboxylic acids is 2. The van der Waals surface area contributed by atoms with Crippen molar-refractivity contribution in [2.75, 3.05) is 63.8 Å². The monoisotopic (exact) mass is 827 g/mol. The highest BCUT2D eigenvalue weighted by Gasteiger charge is 2.18. The average Bonchev–Trinajstić information content (AvgIpc) is 3.26. The summed E-state index contributed by atoms with van der Waals surface area (Å²) in [5.74, 6) is 2.05. The van der Waals surface area contributed by atoms with Crippen molar-refractivity contribution in [1.29, 1.82) is 0 Å². The van der Waals surface area contributed by atoms with E-state index in [0.717, 1.165) is 54.7 Å². The van der Waals surface area contributed by atoms with Gasteiger partial charge in [0.2, 0.25) is 20.9 Å². The lowest BCUT2D eigenvalue weighted by atomic mass is 10.2. The van der Waals surface area contributed by atoms with Gasteiger partial charge in [-0.2, -0.15) is 0 Å². The molecule has 0 radical (unpaired) electrons. The molecule has 1 aliphatic rings. The van der Waals surface area contributed by atoms with Gasteiger partial charge in [-0.1, -0.05) is 12.1 Å². The molecule has 2 amide bonds. The lowest BCUT2D eigenvalue weighted by molar-refractivity contribution is 0.0950. The summed E-state index contributed by atoms with van der Waals surface area (Å²) >= 11 is 0. The number of para-hydroxylation sites is 2. The smallest absolute Gasteiger partial charge is 0.269 e. The number of nitrogens with one attached hydrogen (secondary N) is 3. The summed E-state index contributed by atoms with van der Waals surface area (Å²) in [6, 6.07) is 25.3. The summed E-state index contributed by atoms with van der Waals surface area (Å²) in [6.45, 7) is 4.05. The highest BCUT2D eigenvalue weighted by Crippen LogP contribution is 2.30. The second-order valence-corrected chi connectivity index (χ2v) is 15.5. The molecular formula is C42H41N11O6S. The predicted molar refractivity (Wildman–Crippen MR) is 227 cm³/mol. The number of rotatable bonds is 10. The lowest BCUT2D eigenvalue weighted by Gasteiger charge is -2.35. The zero-order valence-corrected chi connectivity index (χ0v) is 34.0. The van der Waals surface area contributed by atoms with E-state index in [-0.39, 0.29) is 22.7 Å². The number of amides is 2. The van der Waals surface area contributed by atoms with Crippen LogP contribution >= 0.6 is 0 Å². The van der Waals surface area contributed by atoms with Crippen LogP contribution < -0.4 is 30.3 Å². The van der Waals surface area contributed by atoms with Crippen LogP contribution in [0.25, 0.3) is 21.8 Å². The van der Waals surface area contributed by atoms with E-state index in [0.29, 0.717) is 45.5 Å². The number of carbonyl (C=O) groups is 2. The topological polar surface area (TPSA) is 207 Å². The number of pyridine rings is 2. The summed E-state index contributed by atoms with van der Waals surface area (Å²) in [6.07, 6.45) is 7.27. The van der Waals surface area contributed by atoms with E-state index >= 15 is 0 Å². The zero-order chi connectivity index (χ0) is 42.2. The molecule has 7 aromatic rings. The maximum absolute atomic E-state index is 11.8. The maximum Gasteiger partial charge on any atom is 0.269 e. The van der Waals surface area contributed by atoms with Crippen molar-refractivity contribution in [3.05, 3.63) is 121 Å². The first kappa shape index (κ1) is 40.9. The number of aromatic nitrogens is 6. The van der Waals surface area contributed by atoms with Gasteiger partial charge in [-0.25, -0.2) is 28.4 Å². The summed E-state index contributed by atoms with van der Waals surface area (Å²) in [5.41, 5.74) is 3.96. The Balaban J connectivity index is 0.000000192. The normalized spacial score (nSPS) is 12.9. The zero-order valence-electron chi connectivity index (χ0n) is 33.2. The van der Waals surface area contributed by atoms with Crippen molar-refractivity contribution in [1.82, 2.24) is 45.4 Å². The summed E-state index contributed by atoms with van der Waals surface area (Å²) in [4.78, 5) is 53.3. The highest BCUT2D eigenvalue weighted by atomic mass is 32.2. The van der Waals surface area contributed by atoms with Crippen molar-refractivity contribution in [3.8, 4) is 23.0 Å². The number of nitrogens with zero attached hydrogens (tertiary/aromatic N) is 8. The number of hydrogen-bond donors (Lipinski definition) is 3. The van der Waals surface area contributed by atoms with Crippen LogP contribution in [0.15, 0.2) is 115 Å². The quantitative estimate of drug-likeness (QED) is 0.151. The Morgan fingerprint density at radius 2 is 1.18 bits per heavy atom. The van der Waals surface area contributed by atoms with E-state index in [4.69, 9.17) is 14.5 Å². The number of hydrogen-bond acceptors (Lipinski definition) is 15. The molecule has 1 saturated heterocycles. The van der Waals surface area contributed by atoms with E-state index < -0.39 is 9.84 Å². The molecule has 4 aromatic heterocycles. The first-order chi connectivity index (χ1) is 28.9. The molecule has 0 saturated carbocycles. The Kier molecular flexibility index (Phi) is 12.3. The van der Waals surface area contributed by atoms with Crippen LogP contribution in [0.5, 0.6) is 23.0 Å². The fourth-order valence-corrected chi connectivity index (χ4v) is 6.63. The van der Waals surface area contributed by atoms with Crippen molar-refractivity contribution in [2.45, 2.75) is 5.16 Å². The lowest BCUT2D eigenvalue weighted by Crippen LogP contribution is -2.44. The molecule has 3 aromatic carbocycles. The van der Waals surface area contributed by atoms with Crippen molar-refractivity contribution < 1.29 is 27.5 Å². The van der Waals surface area contributed by atoms with Crippen LogP contribution in [0, 0.1) is 0 Å². The number of anilines is 3. The summed E-state index contributed by atoms with van der Waals surface area (Å²) in [7, 11) is 1.77. The predicted octanol–water partition coefficient (Wildman–Crippen LogP) is 5.25. The molecule has 0 aliphatic carbocycles. The molecule has 3 N–H and O–H groups in total. The SMILES string of the molecule is CNC(=O)c1cc(Oc2ccc3nc(Nc4ccccc4N4CCN(C)CC4)ncc3c2)ccn1.CNC(=O)c1cc(Oc2ccc3nc(S(C)(=O)=O)ncc3c2)ccn1. The minimum Gasteiger partial charge on any atom is -0.457 e. The number of likely N-dealkylation sites (N-methyl/N-ethyl adjacent to an activating group) is 1. The van der Waals surface area contributed by atoms with Gasteiger partial charge < -0.3 is 35.2 Å². The van der Waals surface area contributed by atoms with E-state index in [9.17, 15) is 18.0 Å². The third-order valence-corrected chi connectivity index (χ3v) is 10.1. The molecule has 1 aliphatic heterocycles. The van der Waals surface area contributed by atoms with Gasteiger partial charge in [0.15, 0.2) is 0 Å². The van der Waals surface area contributed by atoms with E-state index in [1.54, 1.807) is 55.8 Å². The minimum atomic E-state index is -3.47. The Morgan fingerprint density at radius 1 is 0.650 bits per heavy atom. The molecule has 0 spiro atoms. The average molecular weight is 828 g/mol. The van der Waals surface area contributed by atoms with Crippen LogP contribution in [0.1, 0.15) is 21.0 Å². The van der Waals surface area contributed by atoms with Crippen LogP contribution in [0.4, 0.5) is 17.3 Å². The highest BCUT2D eigenvalue weighted by molar-refractivity contribution is 7.90. The maximum atomic E-state index is 11.8. The molecule has 8 rings (SSSR count). The second-order valence-electron chi connectivity index (χ2n) is 13.6. The first-order valence-corrected chi connectivity index (χ1v) is 20.6. The molecule has 306 valence electrons. The summed E-state index contributed by atoms with van der Waals surface area (Å²) < 4.78 is 34.7. The number of fused-ring (bicyclic) bond motifs is 2.